The van der Waals surface area contributed by atoms with E-state index in [-0.39, 0.29) is 11.1 Å². The summed E-state index contributed by atoms with van der Waals surface area (Å²) in [5.74, 6) is -0.215. The monoisotopic (exact) mass is 408 g/mol. The second-order valence-corrected chi connectivity index (χ2v) is 7.99. The van der Waals surface area contributed by atoms with Gasteiger partial charge in [-0.15, -0.1) is 0 Å². The molecule has 0 bridgehead atoms. The highest BCUT2D eigenvalue weighted by Crippen LogP contribution is 2.29. The Kier molecular flexibility index (Phi) is 6.39. The number of para-hydroxylation sites is 1. The zero-order chi connectivity index (χ0) is 21.0. The molecular formula is C22H24N4O2S. The van der Waals surface area contributed by atoms with E-state index in [0.717, 1.165) is 28.7 Å². The van der Waals surface area contributed by atoms with Crippen LogP contribution in [0.4, 0.5) is 10.5 Å². The van der Waals surface area contributed by atoms with Gasteiger partial charge >= 0.3 is 0 Å². The SMILES string of the molecule is Cc1cc(C)n(Cc2ccc(C(=O)Nc3ccccc3SC(=O)N(C)C)cc2)n1. The summed E-state index contributed by atoms with van der Waals surface area (Å²) in [5, 5.41) is 7.28. The van der Waals surface area contributed by atoms with Crippen molar-refractivity contribution in [1.82, 2.24) is 14.7 Å². The number of benzene rings is 2. The van der Waals surface area contributed by atoms with Crippen molar-refractivity contribution in [3.05, 3.63) is 77.1 Å². The quantitative estimate of drug-likeness (QED) is 0.628. The molecule has 0 spiro atoms. The van der Waals surface area contributed by atoms with Crippen molar-refractivity contribution in [2.24, 2.45) is 0 Å². The van der Waals surface area contributed by atoms with Gasteiger partial charge in [0.25, 0.3) is 11.1 Å². The van der Waals surface area contributed by atoms with E-state index in [1.165, 1.54) is 4.90 Å². The fourth-order valence-corrected chi connectivity index (χ4v) is 3.55. The van der Waals surface area contributed by atoms with Crippen LogP contribution in [0.2, 0.25) is 0 Å². The Morgan fingerprint density at radius 2 is 1.76 bits per heavy atom. The van der Waals surface area contributed by atoms with E-state index in [9.17, 15) is 9.59 Å². The number of rotatable bonds is 5. The summed E-state index contributed by atoms with van der Waals surface area (Å²) >= 11 is 1.09. The molecule has 3 rings (SSSR count). The lowest BCUT2D eigenvalue weighted by molar-refractivity contribution is 0.102. The number of carbonyl (C=O) groups excluding carboxylic acids is 2. The van der Waals surface area contributed by atoms with Gasteiger partial charge in [-0.2, -0.15) is 5.10 Å². The minimum atomic E-state index is -0.215. The number of nitrogens with one attached hydrogen (secondary N) is 1. The van der Waals surface area contributed by atoms with Gasteiger partial charge in [0.2, 0.25) is 0 Å². The zero-order valence-corrected chi connectivity index (χ0v) is 17.8. The van der Waals surface area contributed by atoms with E-state index in [1.807, 2.05) is 54.9 Å². The van der Waals surface area contributed by atoms with Crippen molar-refractivity contribution in [3.63, 3.8) is 0 Å². The van der Waals surface area contributed by atoms with Crippen molar-refractivity contribution >= 4 is 28.6 Å². The Morgan fingerprint density at radius 1 is 1.07 bits per heavy atom. The van der Waals surface area contributed by atoms with Crippen LogP contribution in [-0.4, -0.2) is 39.9 Å². The van der Waals surface area contributed by atoms with Crippen LogP contribution in [0, 0.1) is 13.8 Å². The third-order valence-electron chi connectivity index (χ3n) is 4.35. The molecule has 0 radical (unpaired) electrons. The van der Waals surface area contributed by atoms with Gasteiger partial charge in [0.05, 0.1) is 17.9 Å². The average Bonchev–Trinajstić information content (AvgIpc) is 3.00. The largest absolute Gasteiger partial charge is 0.339 e. The van der Waals surface area contributed by atoms with Crippen LogP contribution < -0.4 is 5.32 Å². The molecule has 0 saturated carbocycles. The summed E-state index contributed by atoms with van der Waals surface area (Å²) in [6.07, 6.45) is 0. The first-order valence-electron chi connectivity index (χ1n) is 9.23. The van der Waals surface area contributed by atoms with E-state index < -0.39 is 0 Å². The van der Waals surface area contributed by atoms with Crippen LogP contribution in [0.25, 0.3) is 0 Å². The zero-order valence-electron chi connectivity index (χ0n) is 17.0. The molecule has 29 heavy (non-hydrogen) atoms. The first-order valence-corrected chi connectivity index (χ1v) is 10.0. The first-order chi connectivity index (χ1) is 13.8. The van der Waals surface area contributed by atoms with Gasteiger partial charge in [-0.05, 0) is 61.5 Å². The van der Waals surface area contributed by atoms with Gasteiger partial charge in [-0.1, -0.05) is 24.3 Å². The molecule has 0 aliphatic carbocycles. The molecule has 0 fully saturated rings. The Hall–Kier alpha value is -3.06. The number of nitrogens with zero attached hydrogens (tertiary/aromatic N) is 3. The Bertz CT molecular complexity index is 1030. The predicted molar refractivity (Wildman–Crippen MR) is 117 cm³/mol. The molecular weight excluding hydrogens is 384 g/mol. The maximum absolute atomic E-state index is 12.7. The van der Waals surface area contributed by atoms with Gasteiger partial charge < -0.3 is 10.2 Å². The maximum atomic E-state index is 12.7. The molecule has 0 saturated heterocycles. The minimum Gasteiger partial charge on any atom is -0.339 e. The van der Waals surface area contributed by atoms with Crippen molar-refractivity contribution in [2.45, 2.75) is 25.3 Å². The number of aromatic nitrogens is 2. The van der Waals surface area contributed by atoms with Crippen LogP contribution in [0.15, 0.2) is 59.5 Å². The van der Waals surface area contributed by atoms with E-state index in [1.54, 1.807) is 32.3 Å². The molecule has 150 valence electrons. The fraction of sp³-hybridized carbons (Fsp3) is 0.227. The molecule has 3 aromatic rings. The van der Waals surface area contributed by atoms with Crippen molar-refractivity contribution < 1.29 is 9.59 Å². The average molecular weight is 409 g/mol. The smallest absolute Gasteiger partial charge is 0.286 e. The highest BCUT2D eigenvalue weighted by atomic mass is 32.2. The van der Waals surface area contributed by atoms with Gasteiger partial charge in [0.1, 0.15) is 0 Å². The van der Waals surface area contributed by atoms with Crippen LogP contribution in [0.1, 0.15) is 27.3 Å². The number of thioether (sulfide) groups is 1. The number of aryl methyl sites for hydroxylation is 2. The second kappa shape index (κ2) is 8.96. The lowest BCUT2D eigenvalue weighted by Crippen LogP contribution is -2.17. The molecule has 0 aliphatic rings. The predicted octanol–water partition coefficient (Wildman–Crippen LogP) is 4.57. The van der Waals surface area contributed by atoms with E-state index in [2.05, 4.69) is 10.4 Å². The van der Waals surface area contributed by atoms with Crippen molar-refractivity contribution in [3.8, 4) is 0 Å². The first kappa shape index (κ1) is 20.7. The number of anilines is 1. The Balaban J connectivity index is 1.70. The topological polar surface area (TPSA) is 67.2 Å². The van der Waals surface area contributed by atoms with Crippen LogP contribution in [-0.2, 0) is 6.54 Å². The Morgan fingerprint density at radius 3 is 2.38 bits per heavy atom. The molecule has 0 unspecified atom stereocenters. The fourth-order valence-electron chi connectivity index (χ4n) is 2.81. The third kappa shape index (κ3) is 5.26. The lowest BCUT2D eigenvalue weighted by atomic mass is 10.1. The molecule has 1 heterocycles. The van der Waals surface area contributed by atoms with E-state index >= 15 is 0 Å². The van der Waals surface area contributed by atoms with Crippen molar-refractivity contribution in [2.75, 3.05) is 19.4 Å². The van der Waals surface area contributed by atoms with E-state index in [0.29, 0.717) is 22.7 Å². The van der Waals surface area contributed by atoms with Gasteiger partial charge in [0, 0.05) is 30.2 Å². The molecule has 2 amide bonds. The minimum absolute atomic E-state index is 0.0970. The number of hydrogen-bond donors (Lipinski definition) is 1. The second-order valence-electron chi connectivity index (χ2n) is 6.99. The third-order valence-corrected chi connectivity index (χ3v) is 5.47. The maximum Gasteiger partial charge on any atom is 0.286 e. The lowest BCUT2D eigenvalue weighted by Gasteiger charge is -2.13. The molecule has 1 aromatic heterocycles. The Labute approximate surface area is 174 Å². The normalized spacial score (nSPS) is 10.6. The van der Waals surface area contributed by atoms with Crippen molar-refractivity contribution in [1.29, 1.82) is 0 Å². The van der Waals surface area contributed by atoms with Gasteiger partial charge in [0.15, 0.2) is 0 Å². The van der Waals surface area contributed by atoms with Gasteiger partial charge in [-0.25, -0.2) is 0 Å². The molecule has 0 atom stereocenters. The summed E-state index contributed by atoms with van der Waals surface area (Å²) < 4.78 is 1.94. The molecule has 1 N–H and O–H groups in total. The van der Waals surface area contributed by atoms with E-state index in [4.69, 9.17) is 0 Å². The molecule has 6 nitrogen and oxygen atoms in total. The summed E-state index contributed by atoms with van der Waals surface area (Å²) in [7, 11) is 3.40. The highest BCUT2D eigenvalue weighted by Gasteiger charge is 2.13. The summed E-state index contributed by atoms with van der Waals surface area (Å²) in [6.45, 7) is 4.66. The van der Waals surface area contributed by atoms with Crippen LogP contribution in [0.3, 0.4) is 0 Å². The molecule has 2 aromatic carbocycles. The van der Waals surface area contributed by atoms with Crippen LogP contribution in [0.5, 0.6) is 0 Å². The number of hydrogen-bond acceptors (Lipinski definition) is 4. The van der Waals surface area contributed by atoms with Crippen LogP contribution >= 0.6 is 11.8 Å². The molecule has 7 heteroatoms. The summed E-state index contributed by atoms with van der Waals surface area (Å²) in [6, 6.07) is 16.8. The molecule has 0 aliphatic heterocycles. The standard InChI is InChI=1S/C22H24N4O2S/c1-15-13-16(2)26(24-15)14-17-9-11-18(12-10-17)21(27)23-19-7-5-6-8-20(19)29-22(28)25(3)4/h5-13H,14H2,1-4H3,(H,23,27). The number of amides is 2. The highest BCUT2D eigenvalue weighted by molar-refractivity contribution is 8.13. The summed E-state index contributed by atoms with van der Waals surface area (Å²) in [5.41, 5.74) is 4.33. The number of carbonyl (C=O) groups is 2. The summed E-state index contributed by atoms with van der Waals surface area (Å²) in [4.78, 5) is 26.9. The van der Waals surface area contributed by atoms with Gasteiger partial charge in [-0.3, -0.25) is 14.3 Å².